The van der Waals surface area contributed by atoms with Crippen LogP contribution in [0.2, 0.25) is 0 Å². The van der Waals surface area contributed by atoms with Crippen LogP contribution in [0.3, 0.4) is 0 Å². The van der Waals surface area contributed by atoms with Crippen LogP contribution in [0.1, 0.15) is 44.0 Å². The molecule has 1 aromatic rings. The zero-order valence-corrected chi connectivity index (χ0v) is 16.0. The number of hydrogen-bond donors (Lipinski definition) is 2. The van der Waals surface area contributed by atoms with Crippen molar-refractivity contribution in [3.63, 3.8) is 0 Å². The predicted molar refractivity (Wildman–Crippen MR) is 98.4 cm³/mol. The molecule has 7 heteroatoms. The van der Waals surface area contributed by atoms with Crippen molar-refractivity contribution in [1.29, 1.82) is 0 Å². The smallest absolute Gasteiger partial charge is 0.407 e. The first-order valence-corrected chi connectivity index (χ1v) is 9.11. The lowest BCUT2D eigenvalue weighted by atomic mass is 9.62. The van der Waals surface area contributed by atoms with E-state index in [-0.39, 0.29) is 18.2 Å². The van der Waals surface area contributed by atoms with Gasteiger partial charge in [-0.3, -0.25) is 9.59 Å². The average Bonchev–Trinajstić information content (AvgIpc) is 3.14. The Labute approximate surface area is 158 Å². The van der Waals surface area contributed by atoms with Gasteiger partial charge in [-0.2, -0.15) is 0 Å². The molecule has 0 aromatic heterocycles. The number of ketones is 1. The van der Waals surface area contributed by atoms with E-state index in [1.165, 1.54) is 0 Å². The number of Topliss-reactive ketones (excluding diaryl/α,β-unsaturated/α-hetero) is 1. The number of amides is 2. The second-order valence-corrected chi connectivity index (χ2v) is 8.43. The molecule has 2 saturated heterocycles. The molecule has 0 unspecified atom stereocenters. The lowest BCUT2D eigenvalue weighted by molar-refractivity contribution is -0.135. The minimum absolute atomic E-state index is 0.0340. The SMILES string of the molecule is CC(C)(C)OC(=O)NCC12CC(C(=O)NCC(=O)c3ccccc3)(CO1)C2. The highest BCUT2D eigenvalue weighted by molar-refractivity contribution is 6.00. The zero-order valence-electron chi connectivity index (χ0n) is 16.0. The molecule has 2 bridgehead atoms. The summed E-state index contributed by atoms with van der Waals surface area (Å²) in [6, 6.07) is 8.86. The molecule has 3 fully saturated rings. The number of carbonyl (C=O) groups excluding carboxylic acids is 3. The van der Waals surface area contributed by atoms with Gasteiger partial charge in [0.1, 0.15) is 5.60 Å². The van der Waals surface area contributed by atoms with Crippen molar-refractivity contribution in [2.24, 2.45) is 5.41 Å². The normalized spacial score (nSPS) is 26.0. The first-order valence-electron chi connectivity index (χ1n) is 9.11. The summed E-state index contributed by atoms with van der Waals surface area (Å²) >= 11 is 0. The van der Waals surface area contributed by atoms with E-state index < -0.39 is 22.7 Å². The van der Waals surface area contributed by atoms with Crippen molar-refractivity contribution in [3.05, 3.63) is 35.9 Å². The number of rotatable bonds is 6. The van der Waals surface area contributed by atoms with Gasteiger partial charge >= 0.3 is 6.09 Å². The monoisotopic (exact) mass is 374 g/mol. The molecule has 7 nitrogen and oxygen atoms in total. The summed E-state index contributed by atoms with van der Waals surface area (Å²) in [5.74, 6) is -0.298. The molecule has 1 saturated carbocycles. The van der Waals surface area contributed by atoms with Crippen LogP contribution >= 0.6 is 0 Å². The molecule has 0 radical (unpaired) electrons. The Morgan fingerprint density at radius 3 is 2.41 bits per heavy atom. The van der Waals surface area contributed by atoms with Crippen LogP contribution in [0.4, 0.5) is 4.79 Å². The Balaban J connectivity index is 1.46. The number of ether oxygens (including phenoxy) is 2. The van der Waals surface area contributed by atoms with Crippen molar-refractivity contribution in [2.75, 3.05) is 19.7 Å². The van der Waals surface area contributed by atoms with E-state index in [1.807, 2.05) is 6.07 Å². The molecule has 2 N–H and O–H groups in total. The fraction of sp³-hybridized carbons (Fsp3) is 0.550. The first kappa shape index (κ1) is 19.4. The highest BCUT2D eigenvalue weighted by Crippen LogP contribution is 2.57. The third-order valence-corrected chi connectivity index (χ3v) is 4.92. The number of alkyl carbamates (subject to hydrolysis) is 1. The summed E-state index contributed by atoms with van der Waals surface area (Å²) in [4.78, 5) is 36.5. The number of carbonyl (C=O) groups is 3. The zero-order chi connectivity index (χ0) is 19.7. The highest BCUT2D eigenvalue weighted by atomic mass is 16.6. The molecule has 1 aliphatic carbocycles. The standard InChI is InChI=1S/C20H26N2O5/c1-18(2,3)27-17(25)22-12-20-10-19(11-20,13-26-20)16(24)21-9-15(23)14-7-5-4-6-8-14/h4-8H,9-13H2,1-3H3,(H,21,24)(H,22,25). The van der Waals surface area contributed by atoms with Crippen LogP contribution in [-0.2, 0) is 14.3 Å². The third-order valence-electron chi connectivity index (χ3n) is 4.92. The molecule has 2 amide bonds. The van der Waals surface area contributed by atoms with E-state index in [9.17, 15) is 14.4 Å². The largest absolute Gasteiger partial charge is 0.444 e. The molecule has 27 heavy (non-hydrogen) atoms. The average molecular weight is 374 g/mol. The Morgan fingerprint density at radius 1 is 1.11 bits per heavy atom. The number of nitrogens with one attached hydrogen (secondary N) is 2. The lowest BCUT2D eigenvalue weighted by Gasteiger charge is -2.43. The Hall–Kier alpha value is -2.41. The van der Waals surface area contributed by atoms with Gasteiger partial charge in [0, 0.05) is 12.1 Å². The van der Waals surface area contributed by atoms with Gasteiger partial charge in [0.15, 0.2) is 5.78 Å². The minimum Gasteiger partial charge on any atom is -0.444 e. The Kier molecular flexibility index (Phi) is 4.99. The molecule has 3 aliphatic rings. The first-order chi connectivity index (χ1) is 12.6. The van der Waals surface area contributed by atoms with Crippen LogP contribution in [0.25, 0.3) is 0 Å². The second-order valence-electron chi connectivity index (χ2n) is 8.43. The van der Waals surface area contributed by atoms with Crippen LogP contribution in [0.5, 0.6) is 0 Å². The molecule has 146 valence electrons. The van der Waals surface area contributed by atoms with Crippen molar-refractivity contribution in [1.82, 2.24) is 10.6 Å². The van der Waals surface area contributed by atoms with Crippen molar-refractivity contribution < 1.29 is 23.9 Å². The van der Waals surface area contributed by atoms with Gasteiger partial charge in [0.25, 0.3) is 0 Å². The van der Waals surface area contributed by atoms with Gasteiger partial charge < -0.3 is 20.1 Å². The van der Waals surface area contributed by atoms with E-state index >= 15 is 0 Å². The van der Waals surface area contributed by atoms with Gasteiger partial charge in [-0.25, -0.2) is 4.79 Å². The van der Waals surface area contributed by atoms with Gasteiger partial charge in [0.2, 0.25) is 5.91 Å². The molecule has 1 aromatic carbocycles. The van der Waals surface area contributed by atoms with E-state index in [0.29, 0.717) is 31.6 Å². The fourth-order valence-corrected chi connectivity index (χ4v) is 3.70. The van der Waals surface area contributed by atoms with E-state index in [1.54, 1.807) is 45.0 Å². The summed E-state index contributed by atoms with van der Waals surface area (Å²) < 4.78 is 11.0. The van der Waals surface area contributed by atoms with Crippen LogP contribution in [0.15, 0.2) is 30.3 Å². The maximum absolute atomic E-state index is 12.6. The summed E-state index contributed by atoms with van der Waals surface area (Å²) in [5.41, 5.74) is -1.11. The second kappa shape index (κ2) is 6.96. The quantitative estimate of drug-likeness (QED) is 0.744. The molecular formula is C20H26N2O5. The maximum Gasteiger partial charge on any atom is 0.407 e. The van der Waals surface area contributed by atoms with Crippen LogP contribution in [0, 0.1) is 5.41 Å². The summed E-state index contributed by atoms with van der Waals surface area (Å²) in [6.45, 7) is 5.97. The molecular weight excluding hydrogens is 348 g/mol. The number of fused-ring (bicyclic) bond motifs is 1. The highest BCUT2D eigenvalue weighted by Gasteiger charge is 2.66. The number of hydrogen-bond acceptors (Lipinski definition) is 5. The topological polar surface area (TPSA) is 93.7 Å². The molecule has 2 aliphatic heterocycles. The van der Waals surface area contributed by atoms with Crippen molar-refractivity contribution in [3.8, 4) is 0 Å². The molecule has 4 rings (SSSR count). The van der Waals surface area contributed by atoms with Gasteiger partial charge in [-0.1, -0.05) is 30.3 Å². The van der Waals surface area contributed by atoms with E-state index in [4.69, 9.17) is 9.47 Å². The lowest BCUT2D eigenvalue weighted by Crippen LogP contribution is -2.57. The Morgan fingerprint density at radius 2 is 1.78 bits per heavy atom. The van der Waals surface area contributed by atoms with E-state index in [2.05, 4.69) is 10.6 Å². The van der Waals surface area contributed by atoms with E-state index in [0.717, 1.165) is 0 Å². The Bertz CT molecular complexity index is 732. The maximum atomic E-state index is 12.6. The molecule has 0 atom stereocenters. The fourth-order valence-electron chi connectivity index (χ4n) is 3.70. The molecule has 0 spiro atoms. The van der Waals surface area contributed by atoms with Gasteiger partial charge in [-0.15, -0.1) is 0 Å². The van der Waals surface area contributed by atoms with Crippen LogP contribution in [-0.4, -0.2) is 48.7 Å². The summed E-state index contributed by atoms with van der Waals surface area (Å²) in [7, 11) is 0. The van der Waals surface area contributed by atoms with Crippen molar-refractivity contribution in [2.45, 2.75) is 44.8 Å². The molecule has 2 heterocycles. The minimum atomic E-state index is -0.605. The number of benzene rings is 1. The van der Waals surface area contributed by atoms with Gasteiger partial charge in [0.05, 0.1) is 24.2 Å². The van der Waals surface area contributed by atoms with Crippen molar-refractivity contribution >= 4 is 17.8 Å². The summed E-state index contributed by atoms with van der Waals surface area (Å²) in [5, 5.41) is 5.45. The predicted octanol–water partition coefficient (Wildman–Crippen LogP) is 2.06. The van der Waals surface area contributed by atoms with Gasteiger partial charge in [-0.05, 0) is 33.6 Å². The van der Waals surface area contributed by atoms with Crippen LogP contribution < -0.4 is 10.6 Å². The third kappa shape index (κ3) is 4.30. The summed E-state index contributed by atoms with van der Waals surface area (Å²) in [6.07, 6.45) is 0.560.